The van der Waals surface area contributed by atoms with Gasteiger partial charge in [0.25, 0.3) is 0 Å². The van der Waals surface area contributed by atoms with Gasteiger partial charge in [0.05, 0.1) is 0 Å². The molecule has 0 aliphatic carbocycles. The standard InChI is InChI=1S/C14H19ClN2/c1-2-16-9-13-7-8-14(10-16)17(13)12-5-3-11(15)4-6-12/h3-6,13-14H,2,7-10H2,1H3. The number of rotatable bonds is 2. The van der Waals surface area contributed by atoms with Crippen LogP contribution in [0.25, 0.3) is 0 Å². The van der Waals surface area contributed by atoms with E-state index in [-0.39, 0.29) is 0 Å². The number of hydrogen-bond acceptors (Lipinski definition) is 2. The largest absolute Gasteiger partial charge is 0.363 e. The molecule has 2 fully saturated rings. The molecule has 2 aliphatic heterocycles. The van der Waals surface area contributed by atoms with Gasteiger partial charge in [0, 0.05) is 35.9 Å². The molecular weight excluding hydrogens is 232 g/mol. The van der Waals surface area contributed by atoms with Crippen LogP contribution in [0.5, 0.6) is 0 Å². The molecule has 0 saturated carbocycles. The SMILES string of the molecule is CCN1CC2CCC(C1)N2c1ccc(Cl)cc1. The highest BCUT2D eigenvalue weighted by Crippen LogP contribution is 2.35. The lowest BCUT2D eigenvalue weighted by Gasteiger charge is -2.42. The summed E-state index contributed by atoms with van der Waals surface area (Å²) >= 11 is 5.96. The molecule has 0 spiro atoms. The quantitative estimate of drug-likeness (QED) is 0.796. The Balaban J connectivity index is 1.83. The van der Waals surface area contributed by atoms with Gasteiger partial charge < -0.3 is 4.90 Å². The fourth-order valence-electron chi connectivity index (χ4n) is 3.28. The van der Waals surface area contributed by atoms with Gasteiger partial charge in [-0.25, -0.2) is 0 Å². The summed E-state index contributed by atoms with van der Waals surface area (Å²) in [6.07, 6.45) is 2.67. The average molecular weight is 251 g/mol. The smallest absolute Gasteiger partial charge is 0.0421 e. The number of benzene rings is 1. The third-order valence-electron chi connectivity index (χ3n) is 4.13. The van der Waals surface area contributed by atoms with E-state index in [0.29, 0.717) is 12.1 Å². The summed E-state index contributed by atoms with van der Waals surface area (Å²) in [7, 11) is 0. The van der Waals surface area contributed by atoms with E-state index in [0.717, 1.165) is 5.02 Å². The second kappa shape index (κ2) is 4.51. The van der Waals surface area contributed by atoms with Gasteiger partial charge in [-0.1, -0.05) is 18.5 Å². The molecule has 2 unspecified atom stereocenters. The van der Waals surface area contributed by atoms with E-state index in [1.165, 1.54) is 38.2 Å². The summed E-state index contributed by atoms with van der Waals surface area (Å²) < 4.78 is 0. The number of fused-ring (bicyclic) bond motifs is 2. The van der Waals surface area contributed by atoms with E-state index in [1.54, 1.807) is 0 Å². The van der Waals surface area contributed by atoms with Crippen LogP contribution in [0.4, 0.5) is 5.69 Å². The van der Waals surface area contributed by atoms with E-state index in [4.69, 9.17) is 11.6 Å². The van der Waals surface area contributed by atoms with Crippen molar-refractivity contribution >= 4 is 17.3 Å². The number of hydrogen-bond donors (Lipinski definition) is 0. The zero-order valence-corrected chi connectivity index (χ0v) is 11.0. The monoisotopic (exact) mass is 250 g/mol. The number of nitrogens with zero attached hydrogens (tertiary/aromatic N) is 2. The summed E-state index contributed by atoms with van der Waals surface area (Å²) in [6.45, 7) is 5.88. The molecule has 2 atom stereocenters. The molecule has 1 aromatic carbocycles. The highest BCUT2D eigenvalue weighted by molar-refractivity contribution is 6.30. The van der Waals surface area contributed by atoms with Crippen LogP contribution >= 0.6 is 11.6 Å². The lowest BCUT2D eigenvalue weighted by atomic mass is 10.1. The summed E-state index contributed by atoms with van der Waals surface area (Å²) in [5.74, 6) is 0. The minimum atomic E-state index is 0.704. The van der Waals surface area contributed by atoms with Crippen molar-refractivity contribution in [1.82, 2.24) is 4.90 Å². The Hall–Kier alpha value is -0.730. The van der Waals surface area contributed by atoms with Gasteiger partial charge in [-0.05, 0) is 43.7 Å². The average Bonchev–Trinajstić information content (AvgIpc) is 2.61. The Bertz CT molecular complexity index is 376. The van der Waals surface area contributed by atoms with E-state index < -0.39 is 0 Å². The molecule has 0 N–H and O–H groups in total. The highest BCUT2D eigenvalue weighted by atomic mass is 35.5. The summed E-state index contributed by atoms with van der Waals surface area (Å²) in [5, 5.41) is 0.827. The molecule has 2 saturated heterocycles. The zero-order chi connectivity index (χ0) is 11.8. The van der Waals surface area contributed by atoms with Crippen LogP contribution < -0.4 is 4.90 Å². The minimum Gasteiger partial charge on any atom is -0.363 e. The van der Waals surface area contributed by atoms with Crippen molar-refractivity contribution in [1.29, 1.82) is 0 Å². The molecule has 2 aliphatic rings. The van der Waals surface area contributed by atoms with Crippen molar-refractivity contribution in [2.45, 2.75) is 31.8 Å². The molecule has 0 amide bonds. The molecular formula is C14H19ClN2. The maximum atomic E-state index is 5.96. The fraction of sp³-hybridized carbons (Fsp3) is 0.571. The van der Waals surface area contributed by atoms with Crippen LogP contribution in [0.1, 0.15) is 19.8 Å². The zero-order valence-electron chi connectivity index (χ0n) is 10.3. The molecule has 2 bridgehead atoms. The Kier molecular flexibility index (Phi) is 3.01. The molecule has 17 heavy (non-hydrogen) atoms. The third kappa shape index (κ3) is 2.04. The van der Waals surface area contributed by atoms with Crippen molar-refractivity contribution in [3.05, 3.63) is 29.3 Å². The van der Waals surface area contributed by atoms with Gasteiger partial charge in [0.1, 0.15) is 0 Å². The Morgan fingerprint density at radius 1 is 1.12 bits per heavy atom. The highest BCUT2D eigenvalue weighted by Gasteiger charge is 2.39. The van der Waals surface area contributed by atoms with Crippen molar-refractivity contribution in [2.24, 2.45) is 0 Å². The van der Waals surface area contributed by atoms with Gasteiger partial charge in [0.15, 0.2) is 0 Å². The van der Waals surface area contributed by atoms with Crippen LogP contribution in [0, 0.1) is 0 Å². The van der Waals surface area contributed by atoms with Gasteiger partial charge in [0.2, 0.25) is 0 Å². The molecule has 0 aromatic heterocycles. The molecule has 2 nitrogen and oxygen atoms in total. The topological polar surface area (TPSA) is 6.48 Å². The lowest BCUT2D eigenvalue weighted by molar-refractivity contribution is 0.230. The van der Waals surface area contributed by atoms with Crippen LogP contribution in [0.2, 0.25) is 5.02 Å². The van der Waals surface area contributed by atoms with Crippen molar-refractivity contribution in [2.75, 3.05) is 24.5 Å². The van der Waals surface area contributed by atoms with Crippen LogP contribution in [0.15, 0.2) is 24.3 Å². The van der Waals surface area contributed by atoms with Crippen LogP contribution in [-0.2, 0) is 0 Å². The van der Waals surface area contributed by atoms with E-state index in [9.17, 15) is 0 Å². The number of likely N-dealkylation sites (N-methyl/N-ethyl adjacent to an activating group) is 1. The normalized spacial score (nSPS) is 28.7. The first kappa shape index (κ1) is 11.4. The summed E-state index contributed by atoms with van der Waals surface area (Å²) in [6, 6.07) is 9.74. The lowest BCUT2D eigenvalue weighted by Crippen LogP contribution is -2.53. The van der Waals surface area contributed by atoms with Crippen molar-refractivity contribution in [3.63, 3.8) is 0 Å². The Morgan fingerprint density at radius 3 is 2.24 bits per heavy atom. The number of piperazine rings is 1. The maximum Gasteiger partial charge on any atom is 0.0421 e. The number of anilines is 1. The molecule has 1 aromatic rings. The first-order valence-corrected chi connectivity index (χ1v) is 6.92. The molecule has 3 rings (SSSR count). The Morgan fingerprint density at radius 2 is 1.71 bits per heavy atom. The number of halogens is 1. The Labute approximate surface area is 108 Å². The predicted molar refractivity (Wildman–Crippen MR) is 72.9 cm³/mol. The van der Waals surface area contributed by atoms with Gasteiger partial charge >= 0.3 is 0 Å². The van der Waals surface area contributed by atoms with Crippen molar-refractivity contribution in [3.8, 4) is 0 Å². The molecule has 2 heterocycles. The maximum absolute atomic E-state index is 5.96. The summed E-state index contributed by atoms with van der Waals surface area (Å²) in [5.41, 5.74) is 1.35. The first-order valence-electron chi connectivity index (χ1n) is 6.54. The van der Waals surface area contributed by atoms with E-state index in [1.807, 2.05) is 12.1 Å². The van der Waals surface area contributed by atoms with Crippen LogP contribution in [-0.4, -0.2) is 36.6 Å². The van der Waals surface area contributed by atoms with E-state index in [2.05, 4.69) is 28.9 Å². The second-order valence-corrected chi connectivity index (χ2v) is 5.56. The van der Waals surface area contributed by atoms with Gasteiger partial charge in [-0.2, -0.15) is 0 Å². The van der Waals surface area contributed by atoms with Gasteiger partial charge in [-0.15, -0.1) is 0 Å². The fourth-order valence-corrected chi connectivity index (χ4v) is 3.41. The van der Waals surface area contributed by atoms with Gasteiger partial charge in [-0.3, -0.25) is 4.90 Å². The summed E-state index contributed by atoms with van der Waals surface area (Å²) in [4.78, 5) is 5.19. The third-order valence-corrected chi connectivity index (χ3v) is 4.38. The second-order valence-electron chi connectivity index (χ2n) is 5.12. The van der Waals surface area contributed by atoms with Crippen molar-refractivity contribution < 1.29 is 0 Å². The predicted octanol–water partition coefficient (Wildman–Crippen LogP) is 3.01. The molecule has 0 radical (unpaired) electrons. The van der Waals surface area contributed by atoms with E-state index >= 15 is 0 Å². The first-order chi connectivity index (χ1) is 8.28. The number of likely N-dealkylation sites (tertiary alicyclic amines) is 1. The molecule has 92 valence electrons. The molecule has 3 heteroatoms. The van der Waals surface area contributed by atoms with Crippen LogP contribution in [0.3, 0.4) is 0 Å². The minimum absolute atomic E-state index is 0.704.